The van der Waals surface area contributed by atoms with Gasteiger partial charge in [0.15, 0.2) is 0 Å². The topological polar surface area (TPSA) is 86.4 Å². The fourth-order valence-corrected chi connectivity index (χ4v) is 4.72. The maximum absolute atomic E-state index is 12.7. The van der Waals surface area contributed by atoms with Crippen molar-refractivity contribution in [1.29, 1.82) is 0 Å². The van der Waals surface area contributed by atoms with E-state index in [-0.39, 0.29) is 18.2 Å². The van der Waals surface area contributed by atoms with Crippen molar-refractivity contribution >= 4 is 33.7 Å². The van der Waals surface area contributed by atoms with Crippen molar-refractivity contribution in [1.82, 2.24) is 25.2 Å². The Balaban J connectivity index is 1.25. The number of fused-ring (bicyclic) bond motifs is 3. The van der Waals surface area contributed by atoms with Crippen LogP contribution in [-0.2, 0) is 4.74 Å². The summed E-state index contributed by atoms with van der Waals surface area (Å²) in [6.07, 6.45) is 9.70. The second kappa shape index (κ2) is 8.10. The van der Waals surface area contributed by atoms with Crippen LogP contribution in [0.3, 0.4) is 0 Å². The van der Waals surface area contributed by atoms with Gasteiger partial charge in [0.05, 0.1) is 28.9 Å². The normalized spacial score (nSPS) is 20.8. The number of piperidine rings is 2. The Hall–Kier alpha value is -2.87. The second-order valence-corrected chi connectivity index (χ2v) is 8.25. The number of anilines is 1. The molecular weight excluding hydrogens is 380 g/mol. The summed E-state index contributed by atoms with van der Waals surface area (Å²) < 4.78 is 5.44. The molecule has 5 rings (SSSR count). The number of amides is 2. The fourth-order valence-electron chi connectivity index (χ4n) is 4.72. The van der Waals surface area contributed by atoms with E-state index in [9.17, 15) is 4.79 Å². The number of nitrogens with one attached hydrogen (secondary N) is 2. The second-order valence-electron chi connectivity index (χ2n) is 8.25. The van der Waals surface area contributed by atoms with Gasteiger partial charge in [0.2, 0.25) is 0 Å². The van der Waals surface area contributed by atoms with Crippen LogP contribution < -0.4 is 10.2 Å². The lowest BCUT2D eigenvalue weighted by Gasteiger charge is -2.36. The molecule has 0 aliphatic carbocycles. The summed E-state index contributed by atoms with van der Waals surface area (Å²) in [5.41, 5.74) is 2.96. The number of pyridine rings is 2. The van der Waals surface area contributed by atoms with Crippen molar-refractivity contribution in [3.63, 3.8) is 0 Å². The standard InChI is InChI=1S/C22H28N6O2/c1-30-16-4-3-9-28(14-16)22(29)26-15-6-10-27(11-7-15)19-13-25-21-20(19)17-5-2-8-23-18(17)12-24-21/h2,5,8,12-13,15-16H,3-4,6-7,9-11,14H2,1H3,(H,24,25)(H,26,29). The van der Waals surface area contributed by atoms with Gasteiger partial charge >= 0.3 is 6.03 Å². The van der Waals surface area contributed by atoms with E-state index in [1.165, 1.54) is 5.69 Å². The van der Waals surface area contributed by atoms with Crippen molar-refractivity contribution < 1.29 is 9.53 Å². The number of nitrogens with zero attached hydrogens (tertiary/aromatic N) is 4. The molecule has 8 nitrogen and oxygen atoms in total. The molecule has 2 amide bonds. The first-order chi connectivity index (χ1) is 14.7. The van der Waals surface area contributed by atoms with Gasteiger partial charge in [-0.05, 0) is 31.7 Å². The molecule has 0 bridgehead atoms. The van der Waals surface area contributed by atoms with Crippen LogP contribution in [0.15, 0.2) is 30.7 Å². The highest BCUT2D eigenvalue weighted by Gasteiger charge is 2.27. The van der Waals surface area contributed by atoms with Gasteiger partial charge in [0, 0.05) is 57.1 Å². The Morgan fingerprint density at radius 2 is 2.10 bits per heavy atom. The zero-order valence-electron chi connectivity index (χ0n) is 17.3. The summed E-state index contributed by atoms with van der Waals surface area (Å²) >= 11 is 0. The first-order valence-electron chi connectivity index (χ1n) is 10.8. The number of likely N-dealkylation sites (tertiary alicyclic amines) is 1. The van der Waals surface area contributed by atoms with Gasteiger partial charge in [-0.3, -0.25) is 4.98 Å². The first kappa shape index (κ1) is 19.1. The summed E-state index contributed by atoms with van der Waals surface area (Å²) in [6, 6.07) is 4.32. The molecule has 2 N–H and O–H groups in total. The summed E-state index contributed by atoms with van der Waals surface area (Å²) in [6.45, 7) is 3.29. The van der Waals surface area contributed by atoms with Crippen LogP contribution >= 0.6 is 0 Å². The minimum absolute atomic E-state index is 0.0450. The highest BCUT2D eigenvalue weighted by molar-refractivity contribution is 6.10. The number of rotatable bonds is 3. The van der Waals surface area contributed by atoms with E-state index in [2.05, 4.69) is 31.2 Å². The molecule has 158 valence electrons. The first-order valence-corrected chi connectivity index (χ1v) is 10.8. The highest BCUT2D eigenvalue weighted by Crippen LogP contribution is 2.33. The van der Waals surface area contributed by atoms with Gasteiger partial charge in [-0.2, -0.15) is 0 Å². The molecule has 2 fully saturated rings. The largest absolute Gasteiger partial charge is 0.380 e. The minimum Gasteiger partial charge on any atom is -0.380 e. The number of hydrogen-bond donors (Lipinski definition) is 2. The van der Waals surface area contributed by atoms with Crippen LogP contribution in [0.4, 0.5) is 10.5 Å². The predicted molar refractivity (Wildman–Crippen MR) is 117 cm³/mol. The van der Waals surface area contributed by atoms with Gasteiger partial charge in [-0.1, -0.05) is 6.07 Å². The van der Waals surface area contributed by atoms with Gasteiger partial charge in [0.25, 0.3) is 0 Å². The molecule has 2 saturated heterocycles. The third-order valence-corrected chi connectivity index (χ3v) is 6.42. The lowest BCUT2D eigenvalue weighted by Crippen LogP contribution is -2.52. The van der Waals surface area contributed by atoms with E-state index in [1.807, 2.05) is 23.4 Å². The van der Waals surface area contributed by atoms with E-state index < -0.39 is 0 Å². The van der Waals surface area contributed by atoms with Crippen molar-refractivity contribution in [3.05, 3.63) is 30.7 Å². The molecule has 3 aromatic heterocycles. The molecule has 1 unspecified atom stereocenters. The zero-order chi connectivity index (χ0) is 20.5. The molecule has 0 aromatic carbocycles. The number of carbonyl (C=O) groups excluding carboxylic acids is 1. The third kappa shape index (κ3) is 3.56. The summed E-state index contributed by atoms with van der Waals surface area (Å²) in [5.74, 6) is 0. The summed E-state index contributed by atoms with van der Waals surface area (Å²) in [4.78, 5) is 29.2. The van der Waals surface area contributed by atoms with Crippen molar-refractivity contribution in [2.75, 3.05) is 38.2 Å². The van der Waals surface area contributed by atoms with Crippen LogP contribution in [0.5, 0.6) is 0 Å². The molecular formula is C22H28N6O2. The SMILES string of the molecule is COC1CCCN(C(=O)NC2CCN(c3c[nH]c4ncc5ncccc5c34)CC2)C1. The summed E-state index contributed by atoms with van der Waals surface area (Å²) in [7, 11) is 1.72. The Morgan fingerprint density at radius 1 is 1.23 bits per heavy atom. The van der Waals surface area contributed by atoms with Gasteiger partial charge < -0.3 is 24.8 Å². The Labute approximate surface area is 175 Å². The third-order valence-electron chi connectivity index (χ3n) is 6.42. The maximum atomic E-state index is 12.7. The number of H-pyrrole nitrogens is 1. The number of ether oxygens (including phenoxy) is 1. The number of carbonyl (C=O) groups is 1. The summed E-state index contributed by atoms with van der Waals surface area (Å²) in [5, 5.41) is 5.48. The Morgan fingerprint density at radius 3 is 2.93 bits per heavy atom. The zero-order valence-corrected chi connectivity index (χ0v) is 17.3. The molecule has 30 heavy (non-hydrogen) atoms. The highest BCUT2D eigenvalue weighted by atomic mass is 16.5. The molecule has 0 spiro atoms. The van der Waals surface area contributed by atoms with Gasteiger partial charge in [0.1, 0.15) is 5.65 Å². The molecule has 3 aromatic rings. The maximum Gasteiger partial charge on any atom is 0.317 e. The molecule has 2 aliphatic heterocycles. The van der Waals surface area contributed by atoms with E-state index in [0.29, 0.717) is 6.54 Å². The lowest BCUT2D eigenvalue weighted by atomic mass is 10.0. The lowest BCUT2D eigenvalue weighted by molar-refractivity contribution is 0.0428. The average Bonchev–Trinajstić information content (AvgIpc) is 3.24. The van der Waals surface area contributed by atoms with Crippen LogP contribution in [0.2, 0.25) is 0 Å². The fraction of sp³-hybridized carbons (Fsp3) is 0.500. The van der Waals surface area contributed by atoms with Crippen LogP contribution in [0.1, 0.15) is 25.7 Å². The Bertz CT molecular complexity index is 1040. The number of methoxy groups -OCH3 is 1. The number of aromatic nitrogens is 3. The predicted octanol–water partition coefficient (Wildman–Crippen LogP) is 2.90. The van der Waals surface area contributed by atoms with Crippen molar-refractivity contribution in [3.8, 4) is 0 Å². The monoisotopic (exact) mass is 408 g/mol. The van der Waals surface area contributed by atoms with E-state index in [0.717, 1.165) is 67.3 Å². The molecule has 8 heteroatoms. The number of urea groups is 1. The molecule has 0 radical (unpaired) electrons. The van der Waals surface area contributed by atoms with Gasteiger partial charge in [-0.25, -0.2) is 9.78 Å². The molecule has 1 atom stereocenters. The average molecular weight is 409 g/mol. The molecule has 2 aliphatic rings. The number of hydrogen-bond acceptors (Lipinski definition) is 5. The molecule has 5 heterocycles. The smallest absolute Gasteiger partial charge is 0.317 e. The van der Waals surface area contributed by atoms with E-state index in [4.69, 9.17) is 4.74 Å². The number of aromatic amines is 1. The Kier molecular flexibility index (Phi) is 5.16. The minimum atomic E-state index is 0.0450. The van der Waals surface area contributed by atoms with Crippen molar-refractivity contribution in [2.45, 2.75) is 37.8 Å². The molecule has 0 saturated carbocycles. The van der Waals surface area contributed by atoms with Crippen LogP contribution in [-0.4, -0.2) is 71.3 Å². The van der Waals surface area contributed by atoms with Crippen molar-refractivity contribution in [2.24, 2.45) is 0 Å². The quantitative estimate of drug-likeness (QED) is 0.696. The van der Waals surface area contributed by atoms with E-state index >= 15 is 0 Å². The van der Waals surface area contributed by atoms with Gasteiger partial charge in [-0.15, -0.1) is 0 Å². The van der Waals surface area contributed by atoms with E-state index in [1.54, 1.807) is 13.3 Å². The van der Waals surface area contributed by atoms with Crippen LogP contribution in [0.25, 0.3) is 21.9 Å². The van der Waals surface area contributed by atoms with Crippen LogP contribution in [0, 0.1) is 0 Å².